The molecule has 0 saturated heterocycles. The third-order valence-corrected chi connectivity index (χ3v) is 3.31. The van der Waals surface area contributed by atoms with Gasteiger partial charge in [-0.1, -0.05) is 12.2 Å². The molecule has 0 spiro atoms. The van der Waals surface area contributed by atoms with Crippen LogP contribution in [0.15, 0.2) is 36.4 Å². The number of rotatable bonds is 5. The first kappa shape index (κ1) is 13.6. The Hall–Kier alpha value is -1.49. The Kier molecular flexibility index (Phi) is 4.17. The summed E-state index contributed by atoms with van der Waals surface area (Å²) in [5.41, 5.74) is 1.39. The molecule has 17 heavy (non-hydrogen) atoms. The molecule has 0 heterocycles. The van der Waals surface area contributed by atoms with Gasteiger partial charge in [-0.25, -0.2) is 8.42 Å². The highest BCUT2D eigenvalue weighted by atomic mass is 32.2. The number of ether oxygens (including phenoxy) is 1. The van der Waals surface area contributed by atoms with Crippen LogP contribution in [0.1, 0.15) is 6.92 Å². The van der Waals surface area contributed by atoms with Crippen LogP contribution in [0.3, 0.4) is 0 Å². The van der Waals surface area contributed by atoms with E-state index in [0.717, 1.165) is 5.57 Å². The molecule has 0 bridgehead atoms. The number of anilines is 1. The molecule has 0 atom stereocenters. The van der Waals surface area contributed by atoms with Crippen LogP contribution in [0, 0.1) is 0 Å². The summed E-state index contributed by atoms with van der Waals surface area (Å²) in [7, 11) is -1.73. The van der Waals surface area contributed by atoms with Crippen molar-refractivity contribution in [2.24, 2.45) is 0 Å². The summed E-state index contributed by atoms with van der Waals surface area (Å²) in [6, 6.07) is 6.88. The van der Waals surface area contributed by atoms with Crippen molar-refractivity contribution in [3.63, 3.8) is 0 Å². The molecule has 0 saturated carbocycles. The SMILES string of the molecule is C=C(C)CN(c1ccc(OC)cc1)S(C)(=O)=O. The molecule has 94 valence electrons. The molecule has 0 N–H and O–H groups in total. The Bertz CT molecular complexity index is 491. The average molecular weight is 255 g/mol. The first-order chi connectivity index (χ1) is 7.84. The molecular formula is C12H17NO3S. The Morgan fingerprint density at radius 2 is 1.88 bits per heavy atom. The second kappa shape index (κ2) is 5.23. The van der Waals surface area contributed by atoms with Crippen molar-refractivity contribution < 1.29 is 13.2 Å². The number of nitrogens with zero attached hydrogens (tertiary/aromatic N) is 1. The summed E-state index contributed by atoms with van der Waals surface area (Å²) in [6.45, 7) is 5.81. The largest absolute Gasteiger partial charge is 0.497 e. The van der Waals surface area contributed by atoms with Crippen molar-refractivity contribution in [2.45, 2.75) is 6.92 Å². The van der Waals surface area contributed by atoms with Gasteiger partial charge in [0.15, 0.2) is 0 Å². The van der Waals surface area contributed by atoms with Crippen LogP contribution in [-0.2, 0) is 10.0 Å². The van der Waals surface area contributed by atoms with Gasteiger partial charge in [-0.15, -0.1) is 0 Å². The molecule has 0 aliphatic heterocycles. The van der Waals surface area contributed by atoms with Gasteiger partial charge in [0.05, 0.1) is 25.6 Å². The Morgan fingerprint density at radius 1 is 1.35 bits per heavy atom. The summed E-state index contributed by atoms with van der Waals surface area (Å²) in [6.07, 6.45) is 1.18. The van der Waals surface area contributed by atoms with E-state index in [0.29, 0.717) is 11.4 Å². The molecule has 0 unspecified atom stereocenters. The van der Waals surface area contributed by atoms with E-state index in [4.69, 9.17) is 4.74 Å². The lowest BCUT2D eigenvalue weighted by atomic mass is 10.3. The first-order valence-electron chi connectivity index (χ1n) is 5.10. The zero-order valence-electron chi connectivity index (χ0n) is 10.3. The smallest absolute Gasteiger partial charge is 0.232 e. The van der Waals surface area contributed by atoms with Crippen LogP contribution >= 0.6 is 0 Å². The van der Waals surface area contributed by atoms with E-state index in [2.05, 4.69) is 6.58 Å². The van der Waals surface area contributed by atoms with Crippen LogP contribution in [0.25, 0.3) is 0 Å². The lowest BCUT2D eigenvalue weighted by Gasteiger charge is -2.22. The summed E-state index contributed by atoms with van der Waals surface area (Å²) in [5.74, 6) is 0.692. The maximum Gasteiger partial charge on any atom is 0.232 e. The van der Waals surface area contributed by atoms with E-state index in [1.807, 2.05) is 0 Å². The molecule has 0 fully saturated rings. The topological polar surface area (TPSA) is 46.6 Å². The van der Waals surface area contributed by atoms with Gasteiger partial charge in [-0.05, 0) is 31.2 Å². The van der Waals surface area contributed by atoms with Gasteiger partial charge >= 0.3 is 0 Å². The van der Waals surface area contributed by atoms with Gasteiger partial charge in [0.1, 0.15) is 5.75 Å². The predicted molar refractivity (Wildman–Crippen MR) is 70.0 cm³/mol. The van der Waals surface area contributed by atoms with Crippen molar-refractivity contribution in [2.75, 3.05) is 24.2 Å². The number of sulfonamides is 1. The van der Waals surface area contributed by atoms with Crippen molar-refractivity contribution in [3.05, 3.63) is 36.4 Å². The molecule has 0 radical (unpaired) electrons. The second-order valence-electron chi connectivity index (χ2n) is 3.92. The molecule has 1 aromatic rings. The van der Waals surface area contributed by atoms with E-state index in [-0.39, 0.29) is 6.54 Å². The van der Waals surface area contributed by atoms with Crippen LogP contribution < -0.4 is 9.04 Å². The minimum atomic E-state index is -3.30. The predicted octanol–water partition coefficient (Wildman–Crippen LogP) is 2.04. The Morgan fingerprint density at radius 3 is 2.24 bits per heavy atom. The summed E-state index contributed by atoms with van der Waals surface area (Å²) in [4.78, 5) is 0. The molecule has 4 nitrogen and oxygen atoms in total. The first-order valence-corrected chi connectivity index (χ1v) is 6.95. The van der Waals surface area contributed by atoms with Crippen LogP contribution in [-0.4, -0.2) is 28.3 Å². The summed E-state index contributed by atoms with van der Waals surface area (Å²) < 4.78 is 29.7. The molecule has 0 aliphatic rings. The lowest BCUT2D eigenvalue weighted by molar-refractivity contribution is 0.415. The zero-order chi connectivity index (χ0) is 13.1. The highest BCUT2D eigenvalue weighted by molar-refractivity contribution is 7.92. The number of hydrogen-bond donors (Lipinski definition) is 0. The van der Waals surface area contributed by atoms with Crippen molar-refractivity contribution in [3.8, 4) is 5.75 Å². The fourth-order valence-corrected chi connectivity index (χ4v) is 2.35. The lowest BCUT2D eigenvalue weighted by Crippen LogP contribution is -2.31. The monoisotopic (exact) mass is 255 g/mol. The number of benzene rings is 1. The minimum absolute atomic E-state index is 0.283. The summed E-state index contributed by atoms with van der Waals surface area (Å²) >= 11 is 0. The van der Waals surface area contributed by atoms with Crippen LogP contribution in [0.5, 0.6) is 5.75 Å². The fourth-order valence-electron chi connectivity index (χ4n) is 1.39. The van der Waals surface area contributed by atoms with E-state index in [1.165, 1.54) is 10.6 Å². The fraction of sp³-hybridized carbons (Fsp3) is 0.333. The second-order valence-corrected chi connectivity index (χ2v) is 5.83. The van der Waals surface area contributed by atoms with Gasteiger partial charge in [0.2, 0.25) is 10.0 Å². The van der Waals surface area contributed by atoms with E-state index in [9.17, 15) is 8.42 Å². The molecule has 1 aromatic carbocycles. The normalized spacial score (nSPS) is 11.0. The zero-order valence-corrected chi connectivity index (χ0v) is 11.1. The van der Waals surface area contributed by atoms with Crippen molar-refractivity contribution >= 4 is 15.7 Å². The number of hydrogen-bond acceptors (Lipinski definition) is 3. The maximum absolute atomic E-state index is 11.7. The average Bonchev–Trinajstić information content (AvgIpc) is 2.24. The highest BCUT2D eigenvalue weighted by Gasteiger charge is 2.17. The molecular weight excluding hydrogens is 238 g/mol. The van der Waals surface area contributed by atoms with Gasteiger partial charge in [-0.2, -0.15) is 0 Å². The molecule has 0 aliphatic carbocycles. The Balaban J connectivity index is 3.09. The van der Waals surface area contributed by atoms with E-state index >= 15 is 0 Å². The third-order valence-electron chi connectivity index (χ3n) is 2.17. The molecule has 1 rings (SSSR count). The van der Waals surface area contributed by atoms with Gasteiger partial charge in [0.25, 0.3) is 0 Å². The third kappa shape index (κ3) is 3.78. The quantitative estimate of drug-likeness (QED) is 0.756. The summed E-state index contributed by atoms with van der Waals surface area (Å²) in [5, 5.41) is 0. The maximum atomic E-state index is 11.7. The molecule has 5 heteroatoms. The molecule has 0 aromatic heterocycles. The van der Waals surface area contributed by atoms with Crippen molar-refractivity contribution in [1.82, 2.24) is 0 Å². The highest BCUT2D eigenvalue weighted by Crippen LogP contribution is 2.22. The van der Waals surface area contributed by atoms with Gasteiger partial charge in [0, 0.05) is 0 Å². The minimum Gasteiger partial charge on any atom is -0.497 e. The van der Waals surface area contributed by atoms with Crippen LogP contribution in [0.4, 0.5) is 5.69 Å². The van der Waals surface area contributed by atoms with E-state index < -0.39 is 10.0 Å². The van der Waals surface area contributed by atoms with Gasteiger partial charge < -0.3 is 4.74 Å². The standard InChI is InChI=1S/C12H17NO3S/c1-10(2)9-13(17(4,14)15)11-5-7-12(16-3)8-6-11/h5-8H,1,9H2,2-4H3. The number of methoxy groups -OCH3 is 1. The molecule has 0 amide bonds. The van der Waals surface area contributed by atoms with Gasteiger partial charge in [-0.3, -0.25) is 4.31 Å². The Labute approximate surface area is 103 Å². The van der Waals surface area contributed by atoms with Crippen molar-refractivity contribution in [1.29, 1.82) is 0 Å². The van der Waals surface area contributed by atoms with Crippen LogP contribution in [0.2, 0.25) is 0 Å². The van der Waals surface area contributed by atoms with E-state index in [1.54, 1.807) is 38.3 Å².